The summed E-state index contributed by atoms with van der Waals surface area (Å²) in [6, 6.07) is 18.2. The van der Waals surface area contributed by atoms with Crippen molar-refractivity contribution in [3.63, 3.8) is 0 Å². The minimum Gasteiger partial charge on any atom is -0.488 e. The second kappa shape index (κ2) is 8.17. The lowest BCUT2D eigenvalue weighted by molar-refractivity contribution is -0.122. The van der Waals surface area contributed by atoms with Gasteiger partial charge in [-0.15, -0.1) is 0 Å². The number of aryl methyl sites for hydroxylation is 1. The normalized spacial score (nSPS) is 16.1. The molecule has 1 fully saturated rings. The maximum Gasteiger partial charge on any atom is 0.221 e. The topological polar surface area (TPSA) is 41.6 Å². The van der Waals surface area contributed by atoms with Crippen LogP contribution in [0.4, 0.5) is 0 Å². The predicted octanol–water partition coefficient (Wildman–Crippen LogP) is 3.33. The molecular weight excluding hydrogens is 312 g/mol. The van der Waals surface area contributed by atoms with Crippen LogP contribution in [0.5, 0.6) is 5.75 Å². The molecule has 0 saturated carbocycles. The molecule has 4 heteroatoms. The van der Waals surface area contributed by atoms with Crippen LogP contribution in [0.1, 0.15) is 30.5 Å². The molecule has 0 unspecified atom stereocenters. The Morgan fingerprint density at radius 2 is 1.84 bits per heavy atom. The number of likely N-dealkylation sites (tertiary alicyclic amines) is 1. The smallest absolute Gasteiger partial charge is 0.221 e. The van der Waals surface area contributed by atoms with Gasteiger partial charge in [0, 0.05) is 26.1 Å². The van der Waals surface area contributed by atoms with Gasteiger partial charge in [0.15, 0.2) is 0 Å². The minimum absolute atomic E-state index is 0.0442. The Morgan fingerprint density at radius 3 is 2.52 bits per heavy atom. The molecule has 2 aromatic carbocycles. The van der Waals surface area contributed by atoms with Crippen LogP contribution < -0.4 is 10.1 Å². The predicted molar refractivity (Wildman–Crippen MR) is 99.7 cm³/mol. The van der Waals surface area contributed by atoms with Crippen molar-refractivity contribution in [2.24, 2.45) is 0 Å². The first-order valence-corrected chi connectivity index (χ1v) is 8.90. The molecule has 1 atom stereocenters. The Labute approximate surface area is 149 Å². The quantitative estimate of drug-likeness (QED) is 0.842. The molecule has 1 amide bonds. The standard InChI is InChI=1S/C21H26N2O2/c1-16-8-10-19(11-9-16)25-20-14-23(15-20)13-12-21(24)22-17(2)18-6-4-3-5-7-18/h3-11,17,20H,12-15H2,1-2H3,(H,22,24)/t17-/m1/s1. The SMILES string of the molecule is Cc1ccc(OC2CN(CCC(=O)N[C@H](C)c3ccccc3)C2)cc1. The average Bonchev–Trinajstić information content (AvgIpc) is 2.59. The van der Waals surface area contributed by atoms with Gasteiger partial charge in [-0.3, -0.25) is 9.69 Å². The highest BCUT2D eigenvalue weighted by Crippen LogP contribution is 2.19. The Morgan fingerprint density at radius 1 is 1.16 bits per heavy atom. The zero-order chi connectivity index (χ0) is 17.6. The summed E-state index contributed by atoms with van der Waals surface area (Å²) < 4.78 is 5.92. The number of ether oxygens (including phenoxy) is 1. The van der Waals surface area contributed by atoms with Gasteiger partial charge in [0.05, 0.1) is 6.04 Å². The Kier molecular flexibility index (Phi) is 5.71. The molecule has 132 valence electrons. The maximum absolute atomic E-state index is 12.1. The van der Waals surface area contributed by atoms with Crippen molar-refractivity contribution in [1.82, 2.24) is 10.2 Å². The van der Waals surface area contributed by atoms with E-state index >= 15 is 0 Å². The Bertz CT molecular complexity index is 679. The molecule has 0 spiro atoms. The summed E-state index contributed by atoms with van der Waals surface area (Å²) in [5.74, 6) is 1.02. The molecule has 3 rings (SSSR count). The highest BCUT2D eigenvalue weighted by molar-refractivity contribution is 5.76. The van der Waals surface area contributed by atoms with E-state index in [9.17, 15) is 4.79 Å². The number of rotatable bonds is 7. The number of nitrogens with one attached hydrogen (secondary N) is 1. The van der Waals surface area contributed by atoms with Crippen molar-refractivity contribution in [1.29, 1.82) is 0 Å². The number of hydrogen-bond donors (Lipinski definition) is 1. The van der Waals surface area contributed by atoms with Gasteiger partial charge in [0.2, 0.25) is 5.91 Å². The first kappa shape index (κ1) is 17.5. The summed E-state index contributed by atoms with van der Waals surface area (Å²) in [6.45, 7) is 6.63. The summed E-state index contributed by atoms with van der Waals surface area (Å²) in [5.41, 5.74) is 2.37. The molecule has 0 aliphatic carbocycles. The van der Waals surface area contributed by atoms with Crippen molar-refractivity contribution in [3.8, 4) is 5.75 Å². The zero-order valence-corrected chi connectivity index (χ0v) is 14.9. The van der Waals surface area contributed by atoms with Gasteiger partial charge in [-0.1, -0.05) is 48.0 Å². The van der Waals surface area contributed by atoms with Crippen LogP contribution in [0.25, 0.3) is 0 Å². The number of nitrogens with zero attached hydrogens (tertiary/aromatic N) is 1. The molecule has 4 nitrogen and oxygen atoms in total. The highest BCUT2D eigenvalue weighted by Gasteiger charge is 2.28. The number of carbonyl (C=O) groups is 1. The molecule has 1 aliphatic heterocycles. The van der Waals surface area contributed by atoms with Gasteiger partial charge >= 0.3 is 0 Å². The third-order valence-corrected chi connectivity index (χ3v) is 4.58. The Hall–Kier alpha value is -2.33. The second-order valence-electron chi connectivity index (χ2n) is 6.76. The highest BCUT2D eigenvalue weighted by atomic mass is 16.5. The summed E-state index contributed by atoms with van der Waals surface area (Å²) >= 11 is 0. The van der Waals surface area contributed by atoms with Crippen molar-refractivity contribution in [2.75, 3.05) is 19.6 Å². The average molecular weight is 338 g/mol. The van der Waals surface area contributed by atoms with Crippen molar-refractivity contribution >= 4 is 5.91 Å². The fourth-order valence-corrected chi connectivity index (χ4v) is 2.99. The van der Waals surface area contributed by atoms with Crippen LogP contribution >= 0.6 is 0 Å². The largest absolute Gasteiger partial charge is 0.488 e. The number of carbonyl (C=O) groups excluding carboxylic acids is 1. The monoisotopic (exact) mass is 338 g/mol. The maximum atomic E-state index is 12.1. The van der Waals surface area contributed by atoms with Gasteiger partial charge in [-0.2, -0.15) is 0 Å². The van der Waals surface area contributed by atoms with Gasteiger partial charge in [0.1, 0.15) is 11.9 Å². The van der Waals surface area contributed by atoms with E-state index in [4.69, 9.17) is 4.74 Å². The molecule has 25 heavy (non-hydrogen) atoms. The summed E-state index contributed by atoms with van der Waals surface area (Å²) in [4.78, 5) is 14.4. The molecule has 2 aromatic rings. The van der Waals surface area contributed by atoms with Crippen molar-refractivity contribution in [2.45, 2.75) is 32.4 Å². The van der Waals surface area contributed by atoms with E-state index in [2.05, 4.69) is 29.3 Å². The van der Waals surface area contributed by atoms with Gasteiger partial charge in [-0.25, -0.2) is 0 Å². The summed E-state index contributed by atoms with van der Waals surface area (Å²) in [7, 11) is 0. The van der Waals surface area contributed by atoms with Gasteiger partial charge in [-0.05, 0) is 31.5 Å². The fourth-order valence-electron chi connectivity index (χ4n) is 2.99. The van der Waals surface area contributed by atoms with Gasteiger partial charge in [0.25, 0.3) is 0 Å². The lowest BCUT2D eigenvalue weighted by Gasteiger charge is -2.38. The van der Waals surface area contributed by atoms with Crippen molar-refractivity contribution in [3.05, 3.63) is 65.7 Å². The number of amides is 1. The van der Waals surface area contributed by atoms with E-state index in [-0.39, 0.29) is 18.1 Å². The van der Waals surface area contributed by atoms with Crippen LogP contribution in [0.15, 0.2) is 54.6 Å². The van der Waals surface area contributed by atoms with Crippen LogP contribution in [0, 0.1) is 6.92 Å². The number of benzene rings is 2. The summed E-state index contributed by atoms with van der Waals surface area (Å²) in [6.07, 6.45) is 0.753. The van der Waals surface area contributed by atoms with E-state index in [1.54, 1.807) is 0 Å². The van der Waals surface area contributed by atoms with E-state index in [1.165, 1.54) is 5.56 Å². The minimum atomic E-state index is 0.0442. The molecule has 1 aliphatic rings. The van der Waals surface area contributed by atoms with Crippen LogP contribution in [-0.4, -0.2) is 36.5 Å². The van der Waals surface area contributed by atoms with E-state index in [0.717, 1.165) is 30.9 Å². The van der Waals surface area contributed by atoms with E-state index in [1.807, 2.05) is 49.4 Å². The third-order valence-electron chi connectivity index (χ3n) is 4.58. The third kappa shape index (κ3) is 5.07. The molecule has 0 bridgehead atoms. The number of hydrogen-bond acceptors (Lipinski definition) is 3. The molecule has 0 radical (unpaired) electrons. The van der Waals surface area contributed by atoms with Crippen LogP contribution in [0.3, 0.4) is 0 Å². The van der Waals surface area contributed by atoms with E-state index < -0.39 is 0 Å². The zero-order valence-electron chi connectivity index (χ0n) is 14.9. The first-order valence-electron chi connectivity index (χ1n) is 8.90. The Balaban J connectivity index is 1.33. The molecule has 1 saturated heterocycles. The first-order chi connectivity index (χ1) is 12.1. The van der Waals surface area contributed by atoms with Gasteiger partial charge < -0.3 is 10.1 Å². The molecular formula is C21H26N2O2. The summed E-state index contributed by atoms with van der Waals surface area (Å²) in [5, 5.41) is 3.06. The molecule has 1 heterocycles. The lowest BCUT2D eigenvalue weighted by atomic mass is 10.1. The molecule has 1 N–H and O–H groups in total. The molecule has 0 aromatic heterocycles. The van der Waals surface area contributed by atoms with Crippen LogP contribution in [0.2, 0.25) is 0 Å². The van der Waals surface area contributed by atoms with E-state index in [0.29, 0.717) is 6.42 Å². The fraction of sp³-hybridized carbons (Fsp3) is 0.381. The lowest BCUT2D eigenvalue weighted by Crippen LogP contribution is -2.54. The van der Waals surface area contributed by atoms with Crippen molar-refractivity contribution < 1.29 is 9.53 Å². The van der Waals surface area contributed by atoms with Crippen LogP contribution in [-0.2, 0) is 4.79 Å². The second-order valence-corrected chi connectivity index (χ2v) is 6.76.